The number of piperidine rings is 1. The maximum Gasteiger partial charge on any atom is 0.416 e. The summed E-state index contributed by atoms with van der Waals surface area (Å²) < 4.78 is 86.2. The lowest BCUT2D eigenvalue weighted by Gasteiger charge is -2.45. The molecule has 6 nitrogen and oxygen atoms in total. The van der Waals surface area contributed by atoms with Gasteiger partial charge in [-0.2, -0.15) is 26.3 Å². The fourth-order valence-electron chi connectivity index (χ4n) is 7.29. The highest BCUT2D eigenvalue weighted by Crippen LogP contribution is 2.56. The quantitative estimate of drug-likeness (QED) is 0.213. The van der Waals surface area contributed by atoms with Crippen LogP contribution in [0, 0.1) is 16.7 Å². The maximum absolute atomic E-state index is 13.8. The Labute approximate surface area is 288 Å². The second kappa shape index (κ2) is 13.9. The molecular weight excluding hydrogens is 660 g/mol. The molecule has 1 aliphatic heterocycles. The molecule has 2 amide bonds. The Morgan fingerprint density at radius 3 is 2.20 bits per heavy atom. The van der Waals surface area contributed by atoms with Gasteiger partial charge in [0, 0.05) is 17.6 Å². The molecule has 270 valence electrons. The normalized spacial score (nSPS) is 22.3. The monoisotopic (exact) mass is 703 g/mol. The molecule has 2 aromatic carbocycles. The van der Waals surface area contributed by atoms with Gasteiger partial charge in [0.05, 0.1) is 17.0 Å². The molecule has 0 radical (unpaired) electrons. The maximum atomic E-state index is 13.8. The first-order chi connectivity index (χ1) is 23.3. The molecule has 3 aliphatic rings. The number of amides is 2. The Morgan fingerprint density at radius 2 is 1.58 bits per heavy atom. The van der Waals surface area contributed by atoms with Gasteiger partial charge in [0.1, 0.15) is 5.60 Å². The molecule has 0 saturated carbocycles. The first-order valence-corrected chi connectivity index (χ1v) is 16.7. The number of carbonyl (C=O) groups is 2. The van der Waals surface area contributed by atoms with Crippen LogP contribution in [0.4, 0.5) is 36.8 Å². The largest absolute Gasteiger partial charge is 0.444 e. The summed E-state index contributed by atoms with van der Waals surface area (Å²) in [4.78, 5) is 28.5. The topological polar surface area (TPSA) is 70.7 Å². The van der Waals surface area contributed by atoms with Crippen LogP contribution in [0.2, 0.25) is 0 Å². The van der Waals surface area contributed by atoms with Crippen molar-refractivity contribution in [2.75, 3.05) is 25.0 Å². The smallest absolute Gasteiger partial charge is 0.416 e. The van der Waals surface area contributed by atoms with Crippen molar-refractivity contribution in [1.29, 1.82) is 0 Å². The molecule has 2 aromatic rings. The first kappa shape index (κ1) is 37.2. The van der Waals surface area contributed by atoms with Crippen molar-refractivity contribution >= 4 is 17.7 Å². The number of halogens is 6. The third-order valence-electron chi connectivity index (χ3n) is 9.82. The molecule has 1 spiro atoms. The SMILES string of the molecule is CC(C)(C)OC(=O)Nc1cccc(C(CCN2CCC3(C=CC4(C)C=CC=CC43)CC2)C(=O)NCc2cc(C(F)(F)F)cc(C(F)(F)F)c2)c1. The van der Waals surface area contributed by atoms with Crippen LogP contribution < -0.4 is 10.6 Å². The van der Waals surface area contributed by atoms with E-state index < -0.39 is 53.5 Å². The highest BCUT2D eigenvalue weighted by Gasteiger charge is 2.50. The van der Waals surface area contributed by atoms with Crippen molar-refractivity contribution in [3.63, 3.8) is 0 Å². The summed E-state index contributed by atoms with van der Waals surface area (Å²) in [5.74, 6) is -1.01. The van der Waals surface area contributed by atoms with E-state index in [0.29, 0.717) is 42.3 Å². The van der Waals surface area contributed by atoms with Crippen LogP contribution >= 0.6 is 0 Å². The van der Waals surface area contributed by atoms with E-state index in [4.69, 9.17) is 4.74 Å². The Bertz CT molecular complexity index is 1630. The zero-order valence-electron chi connectivity index (χ0n) is 28.5. The van der Waals surface area contributed by atoms with Crippen molar-refractivity contribution in [3.8, 4) is 0 Å². The van der Waals surface area contributed by atoms with E-state index in [1.165, 1.54) is 0 Å². The van der Waals surface area contributed by atoms with E-state index >= 15 is 0 Å². The summed E-state index contributed by atoms with van der Waals surface area (Å²) in [6.45, 7) is 8.99. The molecule has 5 rings (SSSR count). The molecule has 2 aliphatic carbocycles. The molecule has 3 unspecified atom stereocenters. The summed E-state index contributed by atoms with van der Waals surface area (Å²) in [5, 5.41) is 5.24. The number of allylic oxidation sites excluding steroid dienone is 6. The zero-order valence-corrected chi connectivity index (χ0v) is 28.5. The molecule has 3 atom stereocenters. The second-order valence-corrected chi connectivity index (χ2v) is 14.7. The lowest BCUT2D eigenvalue weighted by molar-refractivity contribution is -0.143. The van der Waals surface area contributed by atoms with Crippen molar-refractivity contribution in [1.82, 2.24) is 10.2 Å². The number of carbonyl (C=O) groups excluding carboxylic acids is 2. The number of hydrogen-bond acceptors (Lipinski definition) is 4. The van der Waals surface area contributed by atoms with E-state index in [-0.39, 0.29) is 22.5 Å². The Hall–Kier alpha value is -4.06. The van der Waals surface area contributed by atoms with Gasteiger partial charge in [0.25, 0.3) is 0 Å². The minimum atomic E-state index is -5.01. The minimum absolute atomic E-state index is 0.0149. The number of hydrogen-bond donors (Lipinski definition) is 2. The number of ether oxygens (including phenoxy) is 1. The number of nitrogens with one attached hydrogen (secondary N) is 2. The van der Waals surface area contributed by atoms with Crippen LogP contribution in [0.5, 0.6) is 0 Å². The van der Waals surface area contributed by atoms with E-state index in [2.05, 4.69) is 58.9 Å². The van der Waals surface area contributed by atoms with Gasteiger partial charge in [-0.1, -0.05) is 55.5 Å². The van der Waals surface area contributed by atoms with Crippen molar-refractivity contribution in [3.05, 3.63) is 101 Å². The fraction of sp³-hybridized carbons (Fsp3) is 0.474. The number of fused-ring (bicyclic) bond motifs is 2. The Morgan fingerprint density at radius 1 is 0.920 bits per heavy atom. The predicted molar refractivity (Wildman–Crippen MR) is 179 cm³/mol. The third kappa shape index (κ3) is 8.80. The molecule has 1 fully saturated rings. The van der Waals surface area contributed by atoms with Gasteiger partial charge in [-0.15, -0.1) is 0 Å². The summed E-state index contributed by atoms with van der Waals surface area (Å²) in [6.07, 6.45) is 4.86. The van der Waals surface area contributed by atoms with E-state index in [1.54, 1.807) is 45.0 Å². The molecule has 0 aromatic heterocycles. The Balaban J connectivity index is 1.32. The fourth-order valence-corrected chi connectivity index (χ4v) is 7.29. The molecule has 50 heavy (non-hydrogen) atoms. The molecular formula is C38H43F6N3O3. The number of rotatable bonds is 8. The van der Waals surface area contributed by atoms with Gasteiger partial charge in [0.2, 0.25) is 5.91 Å². The lowest BCUT2D eigenvalue weighted by atomic mass is 9.63. The van der Waals surface area contributed by atoms with Gasteiger partial charge >= 0.3 is 18.4 Å². The molecule has 12 heteroatoms. The van der Waals surface area contributed by atoms with E-state index in [0.717, 1.165) is 25.9 Å². The number of alkyl halides is 6. The zero-order chi connectivity index (χ0) is 36.5. The second-order valence-electron chi connectivity index (χ2n) is 14.7. The van der Waals surface area contributed by atoms with Crippen molar-refractivity contribution in [2.45, 2.75) is 77.4 Å². The average Bonchev–Trinajstić information content (AvgIpc) is 3.31. The summed E-state index contributed by atoms with van der Waals surface area (Å²) in [5.41, 5.74) is -3.05. The van der Waals surface area contributed by atoms with Crippen LogP contribution in [0.1, 0.15) is 75.1 Å². The van der Waals surface area contributed by atoms with Crippen LogP contribution in [0.15, 0.2) is 78.9 Å². The van der Waals surface area contributed by atoms with Gasteiger partial charge in [-0.05, 0) is 112 Å². The number of nitrogens with zero attached hydrogens (tertiary/aromatic N) is 1. The van der Waals surface area contributed by atoms with Crippen LogP contribution in [0.25, 0.3) is 0 Å². The third-order valence-corrected chi connectivity index (χ3v) is 9.82. The molecule has 2 N–H and O–H groups in total. The molecule has 0 bridgehead atoms. The van der Waals surface area contributed by atoms with Crippen molar-refractivity contribution < 1.29 is 40.7 Å². The van der Waals surface area contributed by atoms with Crippen LogP contribution in [-0.4, -0.2) is 42.1 Å². The van der Waals surface area contributed by atoms with Crippen LogP contribution in [0.3, 0.4) is 0 Å². The minimum Gasteiger partial charge on any atom is -0.444 e. The van der Waals surface area contributed by atoms with Gasteiger partial charge in [-0.3, -0.25) is 10.1 Å². The van der Waals surface area contributed by atoms with Crippen molar-refractivity contribution in [2.24, 2.45) is 16.7 Å². The summed E-state index contributed by atoms with van der Waals surface area (Å²) in [7, 11) is 0. The number of likely N-dealkylation sites (tertiary alicyclic amines) is 1. The number of benzene rings is 2. The van der Waals surface area contributed by atoms with Crippen LogP contribution in [-0.2, 0) is 28.4 Å². The number of anilines is 1. The molecule has 1 saturated heterocycles. The lowest BCUT2D eigenvalue weighted by Crippen LogP contribution is -2.44. The van der Waals surface area contributed by atoms with E-state index in [9.17, 15) is 35.9 Å². The molecule has 1 heterocycles. The van der Waals surface area contributed by atoms with Gasteiger partial charge < -0.3 is 15.0 Å². The van der Waals surface area contributed by atoms with Gasteiger partial charge in [0.15, 0.2) is 0 Å². The summed E-state index contributed by atoms with van der Waals surface area (Å²) >= 11 is 0. The van der Waals surface area contributed by atoms with E-state index in [1.807, 2.05) is 0 Å². The Kier molecular flexibility index (Phi) is 10.4. The average molecular weight is 704 g/mol. The first-order valence-electron chi connectivity index (χ1n) is 16.7. The standard InChI is InChI=1S/C38H43F6N3O3/c1-34(2,3)50-33(49)46-29-9-7-8-26(22-29)30(32(48)45-24-25-20-27(37(39,40)41)23-28(21-25)38(42,43)44)11-17-47-18-15-36(16-19-47)14-13-35(4)12-6-5-10-31(35)36/h5-10,12-14,20-23,30-31H,11,15-19,24H2,1-4H3,(H,45,48)(H,46,49). The highest BCUT2D eigenvalue weighted by atomic mass is 19.4. The summed E-state index contributed by atoms with van der Waals surface area (Å²) in [6, 6.07) is 7.89. The highest BCUT2D eigenvalue weighted by molar-refractivity contribution is 5.87. The van der Waals surface area contributed by atoms with Gasteiger partial charge in [-0.25, -0.2) is 4.79 Å². The predicted octanol–water partition coefficient (Wildman–Crippen LogP) is 9.26.